The number of amides is 1. The number of esters is 1. The van der Waals surface area contributed by atoms with Crippen molar-refractivity contribution < 1.29 is 19.1 Å². The Morgan fingerprint density at radius 1 is 1.15 bits per heavy atom. The van der Waals surface area contributed by atoms with Crippen LogP contribution in [0.1, 0.15) is 53.1 Å². The Hall–Kier alpha value is -2.34. The number of fused-ring (bicyclic) bond motifs is 1. The predicted octanol–water partition coefficient (Wildman–Crippen LogP) is 4.38. The molecular weight excluding hydrogens is 362 g/mol. The number of rotatable bonds is 6. The molecule has 2 aromatic rings. The van der Waals surface area contributed by atoms with Crippen LogP contribution in [0, 0.1) is 0 Å². The summed E-state index contributed by atoms with van der Waals surface area (Å²) in [4.78, 5) is 26.4. The molecule has 0 fully saturated rings. The largest absolute Gasteiger partial charge is 0.497 e. The van der Waals surface area contributed by atoms with Crippen LogP contribution in [0.25, 0.3) is 0 Å². The van der Waals surface area contributed by atoms with E-state index in [4.69, 9.17) is 9.47 Å². The van der Waals surface area contributed by atoms with Gasteiger partial charge in [-0.3, -0.25) is 4.79 Å². The number of anilines is 1. The van der Waals surface area contributed by atoms with Crippen LogP contribution in [-0.2, 0) is 28.8 Å². The molecule has 3 rings (SSSR count). The Morgan fingerprint density at radius 2 is 1.85 bits per heavy atom. The molecule has 5 nitrogen and oxygen atoms in total. The maximum atomic E-state index is 12.6. The average molecular weight is 388 g/mol. The highest BCUT2D eigenvalue weighted by Gasteiger charge is 2.27. The highest BCUT2D eigenvalue weighted by atomic mass is 32.1. The van der Waals surface area contributed by atoms with Gasteiger partial charge in [0, 0.05) is 4.88 Å². The minimum absolute atomic E-state index is 0.141. The molecule has 144 valence electrons. The quantitative estimate of drug-likeness (QED) is 0.747. The number of hydrogen-bond acceptors (Lipinski definition) is 5. The van der Waals surface area contributed by atoms with E-state index in [1.54, 1.807) is 7.11 Å². The van der Waals surface area contributed by atoms with Crippen molar-refractivity contribution in [2.45, 2.75) is 52.1 Å². The summed E-state index contributed by atoms with van der Waals surface area (Å²) in [5.41, 5.74) is 2.49. The first-order valence-corrected chi connectivity index (χ1v) is 10.1. The molecule has 0 atom stereocenters. The number of methoxy groups -OCH3 is 1. The molecule has 0 saturated carbocycles. The first-order valence-electron chi connectivity index (χ1n) is 9.26. The third-order valence-electron chi connectivity index (χ3n) is 4.49. The van der Waals surface area contributed by atoms with E-state index in [-0.39, 0.29) is 24.4 Å². The van der Waals surface area contributed by atoms with Gasteiger partial charge in [-0.05, 0) is 62.8 Å². The van der Waals surface area contributed by atoms with Crippen molar-refractivity contribution in [3.05, 3.63) is 45.8 Å². The van der Waals surface area contributed by atoms with E-state index in [9.17, 15) is 9.59 Å². The zero-order valence-electron chi connectivity index (χ0n) is 16.0. The van der Waals surface area contributed by atoms with Gasteiger partial charge < -0.3 is 14.8 Å². The lowest BCUT2D eigenvalue weighted by Gasteiger charge is -2.14. The summed E-state index contributed by atoms with van der Waals surface area (Å²) in [5, 5.41) is 3.56. The number of nitrogens with one attached hydrogen (secondary N) is 1. The number of hydrogen-bond donors (Lipinski definition) is 1. The number of carbonyl (C=O) groups excluding carboxylic acids is 2. The second-order valence-electron chi connectivity index (χ2n) is 6.94. The maximum absolute atomic E-state index is 12.6. The van der Waals surface area contributed by atoms with E-state index in [1.165, 1.54) is 16.2 Å². The lowest BCUT2D eigenvalue weighted by molar-refractivity contribution is -0.115. The van der Waals surface area contributed by atoms with Gasteiger partial charge in [-0.2, -0.15) is 0 Å². The molecule has 0 saturated heterocycles. The van der Waals surface area contributed by atoms with E-state index >= 15 is 0 Å². The van der Waals surface area contributed by atoms with Crippen molar-refractivity contribution in [3.8, 4) is 5.75 Å². The van der Waals surface area contributed by atoms with Crippen molar-refractivity contribution in [3.63, 3.8) is 0 Å². The molecule has 27 heavy (non-hydrogen) atoms. The molecule has 1 N–H and O–H groups in total. The van der Waals surface area contributed by atoms with Crippen molar-refractivity contribution in [2.75, 3.05) is 12.4 Å². The van der Waals surface area contributed by atoms with Crippen molar-refractivity contribution in [2.24, 2.45) is 0 Å². The summed E-state index contributed by atoms with van der Waals surface area (Å²) in [5.74, 6) is 0.269. The van der Waals surface area contributed by atoms with Gasteiger partial charge >= 0.3 is 5.97 Å². The topological polar surface area (TPSA) is 64.6 Å². The van der Waals surface area contributed by atoms with Gasteiger partial charge in [0.05, 0.1) is 25.2 Å². The van der Waals surface area contributed by atoms with Crippen molar-refractivity contribution in [1.82, 2.24) is 0 Å². The molecule has 1 aromatic carbocycles. The molecule has 0 unspecified atom stereocenters. The van der Waals surface area contributed by atoms with Gasteiger partial charge in [-0.1, -0.05) is 12.1 Å². The lowest BCUT2D eigenvalue weighted by atomic mass is 9.95. The minimum Gasteiger partial charge on any atom is -0.497 e. The Kier molecular flexibility index (Phi) is 6.16. The molecule has 1 amide bonds. The second-order valence-corrected chi connectivity index (χ2v) is 8.05. The van der Waals surface area contributed by atoms with Gasteiger partial charge in [-0.15, -0.1) is 11.3 Å². The summed E-state index contributed by atoms with van der Waals surface area (Å²) in [6.07, 6.45) is 4.04. The Morgan fingerprint density at radius 3 is 2.52 bits per heavy atom. The van der Waals surface area contributed by atoms with Gasteiger partial charge in [0.15, 0.2) is 0 Å². The van der Waals surface area contributed by atoms with Crippen LogP contribution < -0.4 is 10.1 Å². The van der Waals surface area contributed by atoms with E-state index in [0.717, 1.165) is 42.6 Å². The summed E-state index contributed by atoms with van der Waals surface area (Å²) >= 11 is 1.51. The third-order valence-corrected chi connectivity index (χ3v) is 5.70. The van der Waals surface area contributed by atoms with Crippen LogP contribution in [0.2, 0.25) is 0 Å². The number of benzene rings is 1. The number of aryl methyl sites for hydroxylation is 1. The van der Waals surface area contributed by atoms with Crippen LogP contribution in [0.15, 0.2) is 24.3 Å². The second kappa shape index (κ2) is 8.57. The maximum Gasteiger partial charge on any atom is 0.341 e. The van der Waals surface area contributed by atoms with E-state index in [0.29, 0.717) is 10.6 Å². The molecule has 6 heteroatoms. The zero-order valence-corrected chi connectivity index (χ0v) is 16.8. The summed E-state index contributed by atoms with van der Waals surface area (Å²) in [6, 6.07) is 7.40. The highest BCUT2D eigenvalue weighted by molar-refractivity contribution is 7.17. The molecule has 0 aliphatic heterocycles. The van der Waals surface area contributed by atoms with Gasteiger partial charge in [0.25, 0.3) is 0 Å². The van der Waals surface area contributed by atoms with Gasteiger partial charge in [-0.25, -0.2) is 4.79 Å². The van der Waals surface area contributed by atoms with Crippen molar-refractivity contribution in [1.29, 1.82) is 0 Å². The van der Waals surface area contributed by atoms with E-state index in [1.807, 2.05) is 38.1 Å². The predicted molar refractivity (Wildman–Crippen MR) is 107 cm³/mol. The van der Waals surface area contributed by atoms with E-state index < -0.39 is 0 Å². The normalized spacial score (nSPS) is 13.2. The summed E-state index contributed by atoms with van der Waals surface area (Å²) in [7, 11) is 1.61. The number of carbonyl (C=O) groups is 2. The first-order chi connectivity index (χ1) is 13.0. The molecule has 1 heterocycles. The van der Waals surface area contributed by atoms with Gasteiger partial charge in [0.2, 0.25) is 5.91 Å². The molecule has 0 radical (unpaired) electrons. The van der Waals surface area contributed by atoms with Crippen molar-refractivity contribution >= 4 is 28.2 Å². The molecule has 1 aliphatic carbocycles. The Balaban J connectivity index is 1.79. The smallest absolute Gasteiger partial charge is 0.341 e. The fourth-order valence-electron chi connectivity index (χ4n) is 3.24. The van der Waals surface area contributed by atoms with Crippen LogP contribution in [0.5, 0.6) is 5.75 Å². The fraction of sp³-hybridized carbons (Fsp3) is 0.429. The SMILES string of the molecule is COc1ccc(CC(=O)Nc2sc3c(c2C(=O)OC(C)C)CCCC3)cc1. The number of thiophene rings is 1. The first kappa shape index (κ1) is 19.4. The van der Waals surface area contributed by atoms with Crippen LogP contribution in [0.4, 0.5) is 5.00 Å². The van der Waals surface area contributed by atoms with Crippen LogP contribution >= 0.6 is 11.3 Å². The molecule has 0 spiro atoms. The van der Waals surface area contributed by atoms with Gasteiger partial charge in [0.1, 0.15) is 10.8 Å². The van der Waals surface area contributed by atoms with E-state index in [2.05, 4.69) is 5.32 Å². The van der Waals surface area contributed by atoms with Crippen LogP contribution in [-0.4, -0.2) is 25.1 Å². The third kappa shape index (κ3) is 4.69. The molecular formula is C21H25NO4S. The summed E-state index contributed by atoms with van der Waals surface area (Å²) in [6.45, 7) is 3.66. The lowest BCUT2D eigenvalue weighted by Crippen LogP contribution is -2.18. The monoisotopic (exact) mass is 387 g/mol. The molecule has 0 bridgehead atoms. The highest BCUT2D eigenvalue weighted by Crippen LogP contribution is 2.38. The minimum atomic E-state index is -0.343. The zero-order chi connectivity index (χ0) is 19.4. The fourth-order valence-corrected chi connectivity index (χ4v) is 4.54. The Bertz CT molecular complexity index is 823. The molecule has 1 aromatic heterocycles. The Labute approximate surface area is 163 Å². The standard InChI is InChI=1S/C21H25NO4S/c1-13(2)26-21(24)19-16-6-4-5-7-17(16)27-20(19)22-18(23)12-14-8-10-15(25-3)11-9-14/h8-11,13H,4-7,12H2,1-3H3,(H,22,23). The molecule has 1 aliphatic rings. The van der Waals surface area contributed by atoms with Crippen LogP contribution in [0.3, 0.4) is 0 Å². The summed E-state index contributed by atoms with van der Waals surface area (Å²) < 4.78 is 10.6. The number of ether oxygens (including phenoxy) is 2. The average Bonchev–Trinajstić information content (AvgIpc) is 2.99.